The highest BCUT2D eigenvalue weighted by atomic mass is 32.2. The van der Waals surface area contributed by atoms with Crippen LogP contribution in [0.25, 0.3) is 17.4 Å². The Morgan fingerprint density at radius 1 is 1.14 bits per heavy atom. The largest absolute Gasteiger partial charge is 0.457 e. The van der Waals surface area contributed by atoms with Gasteiger partial charge in [-0.25, -0.2) is 4.99 Å². The lowest BCUT2D eigenvalue weighted by Crippen LogP contribution is -2.19. The molecule has 1 aliphatic heterocycles. The van der Waals surface area contributed by atoms with E-state index in [1.807, 2.05) is 30.3 Å². The Bertz CT molecular complexity index is 1170. The molecule has 1 saturated heterocycles. The van der Waals surface area contributed by atoms with Crippen molar-refractivity contribution in [3.05, 3.63) is 87.0 Å². The van der Waals surface area contributed by atoms with E-state index in [2.05, 4.69) is 10.3 Å². The summed E-state index contributed by atoms with van der Waals surface area (Å²) in [7, 11) is 0. The number of nitrogens with zero attached hydrogens (tertiary/aromatic N) is 2. The second-order valence-corrected chi connectivity index (χ2v) is 7.31. The van der Waals surface area contributed by atoms with Gasteiger partial charge in [0.25, 0.3) is 11.6 Å². The molecule has 0 saturated carbocycles. The normalized spacial score (nSPS) is 16.4. The molecule has 0 aliphatic carbocycles. The van der Waals surface area contributed by atoms with Gasteiger partial charge in [-0.05, 0) is 55.1 Å². The van der Waals surface area contributed by atoms with Gasteiger partial charge in [0.1, 0.15) is 11.5 Å². The molecule has 1 aromatic heterocycles. The summed E-state index contributed by atoms with van der Waals surface area (Å²) in [5.74, 6) is 0.833. The zero-order valence-electron chi connectivity index (χ0n) is 15.3. The number of carbonyl (C=O) groups is 1. The fourth-order valence-electron chi connectivity index (χ4n) is 2.83. The molecule has 0 bridgehead atoms. The van der Waals surface area contributed by atoms with E-state index < -0.39 is 4.92 Å². The van der Waals surface area contributed by atoms with Crippen LogP contribution >= 0.6 is 11.8 Å². The SMILES string of the molecule is Cc1cc(-c2ccc(/C=C3/SC(=Nc4ccccc4)NC3=O)o2)ccc1[N+](=O)[O-]. The Kier molecular flexibility index (Phi) is 5.01. The number of nitro groups is 1. The first-order valence-corrected chi connectivity index (χ1v) is 9.51. The van der Waals surface area contributed by atoms with Gasteiger partial charge in [0.05, 0.1) is 15.5 Å². The van der Waals surface area contributed by atoms with Crippen LogP contribution in [0.1, 0.15) is 11.3 Å². The number of hydrogen-bond donors (Lipinski definition) is 1. The highest BCUT2D eigenvalue weighted by Gasteiger charge is 2.24. The van der Waals surface area contributed by atoms with Crippen molar-refractivity contribution in [3.63, 3.8) is 0 Å². The van der Waals surface area contributed by atoms with Crippen molar-refractivity contribution in [1.82, 2.24) is 5.32 Å². The van der Waals surface area contributed by atoms with Gasteiger partial charge in [-0.1, -0.05) is 18.2 Å². The first kappa shape index (κ1) is 18.7. The average molecular weight is 405 g/mol. The smallest absolute Gasteiger partial charge is 0.272 e. The van der Waals surface area contributed by atoms with Crippen LogP contribution in [0, 0.1) is 17.0 Å². The third-order valence-corrected chi connectivity index (χ3v) is 5.13. The van der Waals surface area contributed by atoms with Crippen LogP contribution in [0.15, 0.2) is 75.0 Å². The van der Waals surface area contributed by atoms with Gasteiger partial charge in [0.15, 0.2) is 5.17 Å². The third kappa shape index (κ3) is 4.12. The molecule has 3 aromatic rings. The van der Waals surface area contributed by atoms with E-state index in [0.29, 0.717) is 27.2 Å². The molecule has 7 nitrogen and oxygen atoms in total. The number of nitrogens with one attached hydrogen (secondary N) is 1. The summed E-state index contributed by atoms with van der Waals surface area (Å²) in [6.07, 6.45) is 1.65. The number of rotatable bonds is 4. The zero-order valence-corrected chi connectivity index (χ0v) is 16.1. The number of para-hydroxylation sites is 1. The summed E-state index contributed by atoms with van der Waals surface area (Å²) in [6.45, 7) is 1.68. The summed E-state index contributed by atoms with van der Waals surface area (Å²) >= 11 is 1.24. The first-order chi connectivity index (χ1) is 14.0. The average Bonchev–Trinajstić information content (AvgIpc) is 3.29. The maximum Gasteiger partial charge on any atom is 0.272 e. The number of amides is 1. The summed E-state index contributed by atoms with van der Waals surface area (Å²) in [6, 6.07) is 17.7. The molecule has 2 heterocycles. The number of amidine groups is 1. The van der Waals surface area contributed by atoms with E-state index in [1.165, 1.54) is 17.8 Å². The molecular formula is C21H15N3O4S. The van der Waals surface area contributed by atoms with Crippen LogP contribution in [-0.4, -0.2) is 16.0 Å². The topological polar surface area (TPSA) is 97.7 Å². The Balaban J connectivity index is 1.55. The molecule has 8 heteroatoms. The van der Waals surface area contributed by atoms with Crippen molar-refractivity contribution in [2.75, 3.05) is 0 Å². The van der Waals surface area contributed by atoms with Gasteiger partial charge in [0.2, 0.25) is 0 Å². The van der Waals surface area contributed by atoms with Crippen LogP contribution in [0.4, 0.5) is 11.4 Å². The molecule has 0 radical (unpaired) electrons. The minimum absolute atomic E-state index is 0.0620. The monoisotopic (exact) mass is 405 g/mol. The Morgan fingerprint density at radius 2 is 1.93 bits per heavy atom. The van der Waals surface area contributed by atoms with Crippen molar-refractivity contribution in [1.29, 1.82) is 0 Å². The van der Waals surface area contributed by atoms with Crippen LogP contribution in [0.5, 0.6) is 0 Å². The first-order valence-electron chi connectivity index (χ1n) is 8.69. The van der Waals surface area contributed by atoms with E-state index in [4.69, 9.17) is 4.42 Å². The second kappa shape index (κ2) is 7.76. The Labute approximate surface area is 170 Å². The lowest BCUT2D eigenvalue weighted by atomic mass is 10.1. The summed E-state index contributed by atoms with van der Waals surface area (Å²) in [4.78, 5) is 27.6. The van der Waals surface area contributed by atoms with E-state index in [1.54, 1.807) is 37.3 Å². The molecule has 144 valence electrons. The van der Waals surface area contributed by atoms with Crippen LogP contribution in [-0.2, 0) is 4.79 Å². The second-order valence-electron chi connectivity index (χ2n) is 6.28. The van der Waals surface area contributed by atoms with Gasteiger partial charge < -0.3 is 9.73 Å². The number of nitro benzene ring substituents is 1. The van der Waals surface area contributed by atoms with Crippen molar-refractivity contribution in [2.24, 2.45) is 4.99 Å². The molecule has 29 heavy (non-hydrogen) atoms. The van der Waals surface area contributed by atoms with Crippen LogP contribution < -0.4 is 5.32 Å². The molecule has 1 aliphatic rings. The van der Waals surface area contributed by atoms with Crippen LogP contribution in [0.3, 0.4) is 0 Å². The van der Waals surface area contributed by atoms with Crippen LogP contribution in [0.2, 0.25) is 0 Å². The number of furan rings is 1. The maximum absolute atomic E-state index is 12.2. The van der Waals surface area contributed by atoms with Gasteiger partial charge in [-0.2, -0.15) is 0 Å². The Morgan fingerprint density at radius 3 is 2.66 bits per heavy atom. The Hall–Kier alpha value is -3.65. The van der Waals surface area contributed by atoms with Gasteiger partial charge >= 0.3 is 0 Å². The minimum atomic E-state index is -0.415. The third-order valence-electron chi connectivity index (χ3n) is 4.22. The molecule has 4 rings (SSSR count). The molecule has 0 atom stereocenters. The number of benzene rings is 2. The number of carbonyl (C=O) groups excluding carboxylic acids is 1. The highest BCUT2D eigenvalue weighted by molar-refractivity contribution is 8.18. The summed E-state index contributed by atoms with van der Waals surface area (Å²) in [5.41, 5.74) is 2.10. The van der Waals surface area contributed by atoms with Gasteiger partial charge in [-0.15, -0.1) is 0 Å². The van der Waals surface area contributed by atoms with Gasteiger partial charge in [0, 0.05) is 23.3 Å². The predicted octanol–water partition coefficient (Wildman–Crippen LogP) is 5.05. The van der Waals surface area contributed by atoms with Crippen molar-refractivity contribution in [3.8, 4) is 11.3 Å². The van der Waals surface area contributed by atoms with Crippen molar-refractivity contribution >= 4 is 40.3 Å². The van der Waals surface area contributed by atoms with E-state index in [-0.39, 0.29) is 11.6 Å². The fraction of sp³-hybridized carbons (Fsp3) is 0.0476. The highest BCUT2D eigenvalue weighted by Crippen LogP contribution is 2.31. The van der Waals surface area contributed by atoms with Crippen molar-refractivity contribution < 1.29 is 14.1 Å². The number of hydrogen-bond acceptors (Lipinski definition) is 6. The standard InChI is InChI=1S/C21H15N3O4S/c1-13-11-14(7-9-17(13)24(26)27)18-10-8-16(28-18)12-19-20(25)23-21(29-19)22-15-5-3-2-4-6-15/h2-12H,1H3,(H,22,23,25)/b19-12+. The van der Waals surface area contributed by atoms with E-state index in [0.717, 1.165) is 11.3 Å². The van der Waals surface area contributed by atoms with Gasteiger partial charge in [-0.3, -0.25) is 14.9 Å². The molecule has 1 N–H and O–H groups in total. The number of aliphatic imine (C=N–C) groups is 1. The zero-order chi connectivity index (χ0) is 20.4. The van der Waals surface area contributed by atoms with E-state index >= 15 is 0 Å². The number of aryl methyl sites for hydroxylation is 1. The predicted molar refractivity (Wildman–Crippen MR) is 113 cm³/mol. The lowest BCUT2D eigenvalue weighted by molar-refractivity contribution is -0.385. The summed E-state index contributed by atoms with van der Waals surface area (Å²) < 4.78 is 5.81. The number of thioether (sulfide) groups is 1. The maximum atomic E-state index is 12.2. The fourth-order valence-corrected chi connectivity index (χ4v) is 3.65. The lowest BCUT2D eigenvalue weighted by Gasteiger charge is -2.00. The summed E-state index contributed by atoms with van der Waals surface area (Å²) in [5, 5.41) is 14.2. The van der Waals surface area contributed by atoms with Crippen molar-refractivity contribution in [2.45, 2.75) is 6.92 Å². The molecule has 0 spiro atoms. The van der Waals surface area contributed by atoms with E-state index in [9.17, 15) is 14.9 Å². The quantitative estimate of drug-likeness (QED) is 0.372. The molecule has 1 fully saturated rings. The molecule has 0 unspecified atom stereocenters. The molecule has 2 aromatic carbocycles. The molecule has 1 amide bonds. The molecular weight excluding hydrogens is 390 g/mol. The minimum Gasteiger partial charge on any atom is -0.457 e.